The van der Waals surface area contributed by atoms with Crippen molar-refractivity contribution < 1.29 is 19.8 Å². The first-order valence-electron chi connectivity index (χ1n) is 13.4. The van der Waals surface area contributed by atoms with E-state index in [4.69, 9.17) is 5.11 Å². The van der Waals surface area contributed by atoms with Crippen LogP contribution in [-0.2, 0) is 16.6 Å². The van der Waals surface area contributed by atoms with Crippen LogP contribution >= 0.6 is 0 Å². The summed E-state index contributed by atoms with van der Waals surface area (Å²) in [5.41, 5.74) is 5.67. The third kappa shape index (κ3) is 5.51. The van der Waals surface area contributed by atoms with Crippen molar-refractivity contribution in [1.82, 2.24) is 4.90 Å². The summed E-state index contributed by atoms with van der Waals surface area (Å²) in [6, 6.07) is 12.8. The first kappa shape index (κ1) is 27.9. The zero-order valence-electron chi connectivity index (χ0n) is 22.9. The number of carbonyl (C=O) groups is 2. The number of nitrogens with zero attached hydrogens (tertiary/aromatic N) is 1. The summed E-state index contributed by atoms with van der Waals surface area (Å²) < 4.78 is 0. The summed E-state index contributed by atoms with van der Waals surface area (Å²) in [4.78, 5) is 25.1. The van der Waals surface area contributed by atoms with Crippen molar-refractivity contribution in [2.75, 3.05) is 13.6 Å². The van der Waals surface area contributed by atoms with Crippen LogP contribution < -0.4 is 0 Å². The van der Waals surface area contributed by atoms with Crippen LogP contribution in [0.2, 0.25) is 0 Å². The zero-order valence-corrected chi connectivity index (χ0v) is 22.9. The summed E-state index contributed by atoms with van der Waals surface area (Å²) in [5, 5.41) is 20.1. The Kier molecular flexibility index (Phi) is 8.66. The number of likely N-dealkylation sites (N-methyl/N-ethyl adjacent to an activating group) is 1. The molecule has 1 saturated carbocycles. The average molecular weight is 494 g/mol. The van der Waals surface area contributed by atoms with Crippen molar-refractivity contribution in [1.29, 1.82) is 0 Å². The van der Waals surface area contributed by atoms with Crippen LogP contribution in [0.1, 0.15) is 97.5 Å². The lowest BCUT2D eigenvalue weighted by Gasteiger charge is -2.35. The van der Waals surface area contributed by atoms with E-state index in [2.05, 4.69) is 52.0 Å². The maximum Gasteiger partial charge on any atom is 0.323 e. The van der Waals surface area contributed by atoms with Crippen molar-refractivity contribution in [3.63, 3.8) is 0 Å². The minimum Gasteiger partial charge on any atom is -0.480 e. The van der Waals surface area contributed by atoms with Gasteiger partial charge in [-0.05, 0) is 85.8 Å². The van der Waals surface area contributed by atoms with Gasteiger partial charge in [-0.3, -0.25) is 9.59 Å². The Morgan fingerprint density at radius 2 is 1.56 bits per heavy atom. The second-order valence-corrected chi connectivity index (χ2v) is 10.9. The number of hydrogen-bond donors (Lipinski definition) is 2. The SMILES string of the molecule is CCC(CC)(c1ccc(CC(C)C2(O)CCCC2)c(C)c1)c1ccc(C(=O)N(C)CC(=O)O)c(C)c1. The van der Waals surface area contributed by atoms with E-state index in [0.717, 1.165) is 50.5 Å². The van der Waals surface area contributed by atoms with Gasteiger partial charge in [0.2, 0.25) is 0 Å². The molecule has 0 spiro atoms. The van der Waals surface area contributed by atoms with Gasteiger partial charge in [0.05, 0.1) is 5.60 Å². The summed E-state index contributed by atoms with van der Waals surface area (Å²) >= 11 is 0. The van der Waals surface area contributed by atoms with E-state index in [9.17, 15) is 14.7 Å². The van der Waals surface area contributed by atoms with Crippen molar-refractivity contribution in [3.8, 4) is 0 Å². The summed E-state index contributed by atoms with van der Waals surface area (Å²) in [5.74, 6) is -1.07. The number of carbonyl (C=O) groups excluding carboxylic acids is 1. The Balaban J connectivity index is 1.91. The number of aliphatic hydroxyl groups is 1. The average Bonchev–Trinajstić information content (AvgIpc) is 3.29. The topological polar surface area (TPSA) is 77.8 Å². The molecule has 2 aromatic rings. The Bertz CT molecular complexity index is 1100. The highest BCUT2D eigenvalue weighted by molar-refractivity contribution is 5.97. The van der Waals surface area contributed by atoms with Crippen LogP contribution in [-0.4, -0.2) is 46.2 Å². The van der Waals surface area contributed by atoms with Gasteiger partial charge in [-0.15, -0.1) is 0 Å². The first-order valence-corrected chi connectivity index (χ1v) is 13.4. The van der Waals surface area contributed by atoms with Gasteiger partial charge in [-0.1, -0.05) is 63.9 Å². The minimum atomic E-state index is -1.03. The lowest BCUT2D eigenvalue weighted by molar-refractivity contribution is -0.137. The molecule has 3 rings (SSSR count). The van der Waals surface area contributed by atoms with E-state index in [-0.39, 0.29) is 23.8 Å². The minimum absolute atomic E-state index is 0.183. The monoisotopic (exact) mass is 493 g/mol. The molecule has 5 nitrogen and oxygen atoms in total. The fraction of sp³-hybridized carbons (Fsp3) is 0.548. The van der Waals surface area contributed by atoms with Crippen LogP contribution in [0, 0.1) is 19.8 Å². The first-order chi connectivity index (χ1) is 17.0. The highest BCUT2D eigenvalue weighted by Gasteiger charge is 2.37. The van der Waals surface area contributed by atoms with Crippen LogP contribution in [0.25, 0.3) is 0 Å². The molecule has 0 heterocycles. The number of benzene rings is 2. The van der Waals surface area contributed by atoms with Crippen LogP contribution in [0.15, 0.2) is 36.4 Å². The standard InChI is InChI=1S/C31H43NO4/c1-7-30(8-2,26-13-14-27(22(4)18-26)29(35)32(6)20-28(33)34)25-12-11-24(21(3)17-25)19-23(5)31(36)15-9-10-16-31/h11-14,17-18,23,36H,7-10,15-16,19-20H2,1-6H3,(H,33,34). The predicted octanol–water partition coefficient (Wildman–Crippen LogP) is 6.05. The molecule has 1 fully saturated rings. The molecule has 36 heavy (non-hydrogen) atoms. The van der Waals surface area contributed by atoms with Gasteiger partial charge in [0.15, 0.2) is 0 Å². The molecular weight excluding hydrogens is 450 g/mol. The number of aliphatic carboxylic acids is 1. The Morgan fingerprint density at radius 3 is 2.06 bits per heavy atom. The maximum absolute atomic E-state index is 12.8. The van der Waals surface area contributed by atoms with E-state index >= 15 is 0 Å². The molecule has 0 bridgehead atoms. The van der Waals surface area contributed by atoms with Gasteiger partial charge < -0.3 is 15.1 Å². The fourth-order valence-electron chi connectivity index (χ4n) is 6.14. The quantitative estimate of drug-likeness (QED) is 0.422. The molecule has 0 aliphatic heterocycles. The molecule has 0 aromatic heterocycles. The molecule has 1 atom stereocenters. The Labute approximate surface area is 216 Å². The lowest BCUT2D eigenvalue weighted by Crippen LogP contribution is -2.34. The number of carboxylic acids is 1. The molecule has 5 heteroatoms. The van der Waals surface area contributed by atoms with Crippen molar-refractivity contribution in [2.45, 2.75) is 90.6 Å². The number of carboxylic acid groups (broad SMARTS) is 1. The van der Waals surface area contributed by atoms with Crippen molar-refractivity contribution in [2.24, 2.45) is 5.92 Å². The molecule has 196 valence electrons. The third-order valence-electron chi connectivity index (χ3n) is 8.74. The van der Waals surface area contributed by atoms with Crippen LogP contribution in [0.4, 0.5) is 0 Å². The number of rotatable bonds is 10. The van der Waals surface area contributed by atoms with Gasteiger partial charge in [-0.2, -0.15) is 0 Å². The van der Waals surface area contributed by atoms with Crippen LogP contribution in [0.3, 0.4) is 0 Å². The maximum atomic E-state index is 12.8. The fourth-order valence-corrected chi connectivity index (χ4v) is 6.14. The summed E-state index contributed by atoms with van der Waals surface area (Å²) in [6.07, 6.45) is 6.78. The Morgan fingerprint density at radius 1 is 1.00 bits per heavy atom. The van der Waals surface area contributed by atoms with E-state index in [1.165, 1.54) is 34.2 Å². The molecular formula is C31H43NO4. The second kappa shape index (κ2) is 11.2. The molecule has 1 amide bonds. The van der Waals surface area contributed by atoms with E-state index in [1.807, 2.05) is 19.1 Å². The number of aryl methyl sites for hydroxylation is 2. The summed E-state index contributed by atoms with van der Waals surface area (Å²) in [6.45, 7) is 10.4. The largest absolute Gasteiger partial charge is 0.480 e. The van der Waals surface area contributed by atoms with Crippen molar-refractivity contribution >= 4 is 11.9 Å². The van der Waals surface area contributed by atoms with E-state index in [0.29, 0.717) is 5.56 Å². The van der Waals surface area contributed by atoms with Crippen LogP contribution in [0.5, 0.6) is 0 Å². The molecule has 0 saturated heterocycles. The molecule has 0 radical (unpaired) electrons. The smallest absolute Gasteiger partial charge is 0.323 e. The molecule has 1 aliphatic carbocycles. The van der Waals surface area contributed by atoms with Gasteiger partial charge in [0, 0.05) is 18.0 Å². The van der Waals surface area contributed by atoms with Gasteiger partial charge in [-0.25, -0.2) is 0 Å². The summed E-state index contributed by atoms with van der Waals surface area (Å²) in [7, 11) is 1.52. The zero-order chi connectivity index (χ0) is 26.7. The highest BCUT2D eigenvalue weighted by Crippen LogP contribution is 2.41. The lowest BCUT2D eigenvalue weighted by atomic mass is 9.69. The number of amides is 1. The van der Waals surface area contributed by atoms with E-state index < -0.39 is 11.6 Å². The van der Waals surface area contributed by atoms with E-state index in [1.54, 1.807) is 0 Å². The second-order valence-electron chi connectivity index (χ2n) is 10.9. The Hall–Kier alpha value is -2.66. The van der Waals surface area contributed by atoms with Gasteiger partial charge in [0.25, 0.3) is 5.91 Å². The molecule has 1 aliphatic rings. The predicted molar refractivity (Wildman–Crippen MR) is 145 cm³/mol. The van der Waals surface area contributed by atoms with Gasteiger partial charge in [0.1, 0.15) is 6.54 Å². The van der Waals surface area contributed by atoms with Gasteiger partial charge >= 0.3 is 5.97 Å². The molecule has 2 N–H and O–H groups in total. The molecule has 1 unspecified atom stereocenters. The normalized spacial score (nSPS) is 16.1. The molecule has 2 aromatic carbocycles. The third-order valence-corrected chi connectivity index (χ3v) is 8.74. The highest BCUT2D eigenvalue weighted by atomic mass is 16.4. The number of hydrogen-bond acceptors (Lipinski definition) is 3. The van der Waals surface area contributed by atoms with Crippen molar-refractivity contribution in [3.05, 3.63) is 69.8 Å².